The zero-order valence-corrected chi connectivity index (χ0v) is 20.5. The maximum absolute atomic E-state index is 12.1. The van der Waals surface area contributed by atoms with Crippen molar-refractivity contribution in [2.75, 3.05) is 37.7 Å². The minimum atomic E-state index is -1.36. The molecule has 0 bridgehead atoms. The van der Waals surface area contributed by atoms with Crippen molar-refractivity contribution >= 4 is 17.6 Å². The molecule has 1 saturated carbocycles. The summed E-state index contributed by atoms with van der Waals surface area (Å²) >= 11 is 0. The Morgan fingerprint density at radius 1 is 0.914 bits per heavy atom. The van der Waals surface area contributed by atoms with Gasteiger partial charge in [0.25, 0.3) is 0 Å². The van der Waals surface area contributed by atoms with E-state index in [0.29, 0.717) is 31.5 Å². The Bertz CT molecular complexity index is 1030. The molecule has 0 amide bonds. The third-order valence-corrected chi connectivity index (χ3v) is 8.14. The summed E-state index contributed by atoms with van der Waals surface area (Å²) in [5, 5.41) is 0. The van der Waals surface area contributed by atoms with Crippen molar-refractivity contribution in [2.24, 2.45) is 17.3 Å². The second kappa shape index (κ2) is 9.63. The molecule has 0 unspecified atom stereocenters. The maximum Gasteiger partial charge on any atom is 0.421 e. The van der Waals surface area contributed by atoms with Crippen LogP contribution in [0.15, 0.2) is 60.7 Å². The number of ether oxygens (including phenoxy) is 3. The monoisotopic (exact) mass is 478 g/mol. The summed E-state index contributed by atoms with van der Waals surface area (Å²) < 4.78 is 17.1. The first kappa shape index (κ1) is 23.8. The Morgan fingerprint density at radius 2 is 1.57 bits per heavy atom. The number of benzene rings is 2. The van der Waals surface area contributed by atoms with Gasteiger partial charge < -0.3 is 19.1 Å². The largest absolute Gasteiger partial charge is 0.421 e. The van der Waals surface area contributed by atoms with Crippen molar-refractivity contribution in [3.8, 4) is 0 Å². The zero-order chi connectivity index (χ0) is 24.5. The second-order valence-electron chi connectivity index (χ2n) is 10.5. The van der Waals surface area contributed by atoms with Gasteiger partial charge in [-0.2, -0.15) is 0 Å². The molecule has 3 aliphatic rings. The highest BCUT2D eigenvalue weighted by Gasteiger charge is 2.58. The first-order chi connectivity index (χ1) is 16.9. The Labute approximate surface area is 206 Å². The molecule has 2 aliphatic heterocycles. The fourth-order valence-electron chi connectivity index (χ4n) is 5.69. The molecule has 5 rings (SSSR count). The van der Waals surface area contributed by atoms with Crippen molar-refractivity contribution in [3.05, 3.63) is 66.2 Å². The fourth-order valence-corrected chi connectivity index (χ4v) is 5.69. The first-order valence-corrected chi connectivity index (χ1v) is 12.5. The van der Waals surface area contributed by atoms with Gasteiger partial charge in [0.1, 0.15) is 6.54 Å². The van der Waals surface area contributed by atoms with Crippen LogP contribution < -0.4 is 4.90 Å². The van der Waals surface area contributed by atoms with Crippen LogP contribution in [0.4, 0.5) is 5.69 Å². The van der Waals surface area contributed by atoms with Crippen LogP contribution in [0.1, 0.15) is 32.3 Å². The lowest BCUT2D eigenvalue weighted by molar-refractivity contribution is -0.259. The van der Waals surface area contributed by atoms with Gasteiger partial charge in [0.05, 0.1) is 6.61 Å². The van der Waals surface area contributed by atoms with Crippen molar-refractivity contribution in [2.45, 2.75) is 39.2 Å². The minimum Gasteiger partial charge on any atom is -0.398 e. The Hall–Kier alpha value is -2.90. The third-order valence-electron chi connectivity index (χ3n) is 8.14. The van der Waals surface area contributed by atoms with Gasteiger partial charge in [-0.05, 0) is 47.8 Å². The smallest absolute Gasteiger partial charge is 0.398 e. The lowest BCUT2D eigenvalue weighted by Gasteiger charge is -2.56. The van der Waals surface area contributed by atoms with Crippen LogP contribution in [-0.2, 0) is 30.4 Å². The summed E-state index contributed by atoms with van der Waals surface area (Å²) in [5.74, 6) is -2.20. The van der Waals surface area contributed by atoms with Gasteiger partial charge in [0.15, 0.2) is 0 Å². The van der Waals surface area contributed by atoms with Gasteiger partial charge >= 0.3 is 17.8 Å². The van der Waals surface area contributed by atoms with E-state index >= 15 is 0 Å². The number of anilines is 1. The van der Waals surface area contributed by atoms with Crippen LogP contribution in [0, 0.1) is 17.3 Å². The van der Waals surface area contributed by atoms with E-state index in [1.807, 2.05) is 48.5 Å². The van der Waals surface area contributed by atoms with E-state index < -0.39 is 17.8 Å². The molecule has 0 radical (unpaired) electrons. The number of nitrogens with zero attached hydrogens (tertiary/aromatic N) is 2. The highest BCUT2D eigenvalue weighted by molar-refractivity contribution is 6.31. The van der Waals surface area contributed by atoms with Gasteiger partial charge in [0.2, 0.25) is 0 Å². The molecule has 186 valence electrons. The average molecular weight is 479 g/mol. The summed E-state index contributed by atoms with van der Waals surface area (Å²) in [7, 11) is 0. The first-order valence-electron chi connectivity index (χ1n) is 12.5. The van der Waals surface area contributed by atoms with Gasteiger partial charge in [-0.25, -0.2) is 14.5 Å². The summed E-state index contributed by atoms with van der Waals surface area (Å²) in [6.45, 7) is 8.44. The van der Waals surface area contributed by atoms with E-state index in [9.17, 15) is 9.59 Å². The van der Waals surface area contributed by atoms with Crippen molar-refractivity contribution in [3.63, 3.8) is 0 Å². The van der Waals surface area contributed by atoms with E-state index in [1.165, 1.54) is 5.56 Å². The Balaban J connectivity index is 1.19. The van der Waals surface area contributed by atoms with E-state index in [4.69, 9.17) is 14.2 Å². The maximum atomic E-state index is 12.1. The SMILES string of the molecule is CC1(C)[C@@H](CCOCc2ccccc2)C[C@H]1CN1CCN(c2ccccc2)CC12OC(=O)C(=O)O2. The van der Waals surface area contributed by atoms with E-state index in [2.05, 4.69) is 35.8 Å². The van der Waals surface area contributed by atoms with Crippen LogP contribution in [0.3, 0.4) is 0 Å². The standard InChI is InChI=1S/C28H34N2O5/c1-27(2)22(13-16-33-19-21-9-5-3-6-10-21)17-23(27)18-30-15-14-29(24-11-7-4-8-12-24)20-28(30)34-25(31)26(32)35-28/h3-12,22-23H,13-20H2,1-2H3/t22-,23-/m0/s1. The molecule has 2 aromatic carbocycles. The zero-order valence-electron chi connectivity index (χ0n) is 20.5. The molecule has 3 fully saturated rings. The predicted octanol–water partition coefficient (Wildman–Crippen LogP) is 3.83. The number of piperazine rings is 1. The van der Waals surface area contributed by atoms with Crippen LogP contribution in [0.25, 0.3) is 0 Å². The molecule has 2 atom stereocenters. The normalized spacial score (nSPS) is 25.3. The topological polar surface area (TPSA) is 68.3 Å². The van der Waals surface area contributed by atoms with Crippen LogP contribution in [0.5, 0.6) is 0 Å². The summed E-state index contributed by atoms with van der Waals surface area (Å²) in [6.07, 6.45) is 2.10. The molecule has 7 heteroatoms. The Morgan fingerprint density at radius 3 is 2.23 bits per heavy atom. The van der Waals surface area contributed by atoms with Crippen LogP contribution in [-0.4, -0.2) is 55.5 Å². The quantitative estimate of drug-likeness (QED) is 0.324. The molecular formula is C28H34N2O5. The molecule has 0 N–H and O–H groups in total. The number of para-hydroxylation sites is 1. The molecule has 2 aromatic rings. The fraction of sp³-hybridized carbons (Fsp3) is 0.500. The Kier molecular flexibility index (Phi) is 6.55. The lowest BCUT2D eigenvalue weighted by atomic mass is 9.53. The predicted molar refractivity (Wildman–Crippen MR) is 131 cm³/mol. The van der Waals surface area contributed by atoms with Crippen molar-refractivity contribution in [1.82, 2.24) is 4.90 Å². The molecule has 2 heterocycles. The molecular weight excluding hydrogens is 444 g/mol. The van der Waals surface area contributed by atoms with Gasteiger partial charge in [-0.15, -0.1) is 0 Å². The highest BCUT2D eigenvalue weighted by Crippen LogP contribution is 2.53. The number of hydrogen-bond acceptors (Lipinski definition) is 7. The second-order valence-corrected chi connectivity index (χ2v) is 10.5. The highest BCUT2D eigenvalue weighted by atomic mass is 16.8. The summed E-state index contributed by atoms with van der Waals surface area (Å²) in [4.78, 5) is 28.3. The number of rotatable bonds is 8. The van der Waals surface area contributed by atoms with Crippen LogP contribution in [0.2, 0.25) is 0 Å². The molecule has 0 aromatic heterocycles. The molecule has 1 aliphatic carbocycles. The lowest BCUT2D eigenvalue weighted by Crippen LogP contribution is -2.66. The summed E-state index contributed by atoms with van der Waals surface area (Å²) in [6, 6.07) is 20.2. The van der Waals surface area contributed by atoms with Crippen molar-refractivity contribution in [1.29, 1.82) is 0 Å². The third kappa shape index (κ3) is 4.80. The minimum absolute atomic E-state index is 0.125. The number of carbonyl (C=O) groups is 2. The molecule has 7 nitrogen and oxygen atoms in total. The molecule has 35 heavy (non-hydrogen) atoms. The molecule has 2 saturated heterocycles. The van der Waals surface area contributed by atoms with Gasteiger partial charge in [0, 0.05) is 31.9 Å². The molecule has 1 spiro atoms. The summed E-state index contributed by atoms with van der Waals surface area (Å²) in [5.41, 5.74) is 2.34. The van der Waals surface area contributed by atoms with E-state index in [1.54, 1.807) is 0 Å². The van der Waals surface area contributed by atoms with Crippen LogP contribution >= 0.6 is 0 Å². The van der Waals surface area contributed by atoms with E-state index in [0.717, 1.165) is 38.2 Å². The number of carbonyl (C=O) groups excluding carboxylic acids is 2. The van der Waals surface area contributed by atoms with Crippen molar-refractivity contribution < 1.29 is 23.8 Å². The number of esters is 2. The van der Waals surface area contributed by atoms with Gasteiger partial charge in [-0.1, -0.05) is 62.4 Å². The average Bonchev–Trinajstić information content (AvgIpc) is 3.15. The number of hydrogen-bond donors (Lipinski definition) is 0. The van der Waals surface area contributed by atoms with E-state index in [-0.39, 0.29) is 5.41 Å². The van der Waals surface area contributed by atoms with Gasteiger partial charge in [-0.3, -0.25) is 0 Å².